The summed E-state index contributed by atoms with van der Waals surface area (Å²) in [4.78, 5) is 21.8. The summed E-state index contributed by atoms with van der Waals surface area (Å²) < 4.78 is 5.42. The van der Waals surface area contributed by atoms with Gasteiger partial charge in [0, 0.05) is 43.5 Å². The number of carbonyl (C=O) groups excluding carboxylic acids is 1. The lowest BCUT2D eigenvalue weighted by molar-refractivity contribution is 0.0703. The number of nitrogens with zero attached hydrogens (tertiary/aromatic N) is 3. The average molecular weight is 349 g/mol. The van der Waals surface area contributed by atoms with E-state index in [9.17, 15) is 4.79 Å². The van der Waals surface area contributed by atoms with Gasteiger partial charge in [0.05, 0.1) is 13.2 Å². The summed E-state index contributed by atoms with van der Waals surface area (Å²) in [5.41, 5.74) is 4.52. The van der Waals surface area contributed by atoms with Gasteiger partial charge in [-0.2, -0.15) is 0 Å². The Labute approximate surface area is 153 Å². The van der Waals surface area contributed by atoms with E-state index in [0.29, 0.717) is 12.2 Å². The summed E-state index contributed by atoms with van der Waals surface area (Å²) in [6, 6.07) is 12.5. The number of hydrogen-bond acceptors (Lipinski definition) is 4. The van der Waals surface area contributed by atoms with E-state index in [1.807, 2.05) is 17.0 Å². The van der Waals surface area contributed by atoms with Crippen molar-refractivity contribution in [2.45, 2.75) is 24.8 Å². The van der Waals surface area contributed by atoms with E-state index in [2.05, 4.69) is 34.1 Å². The van der Waals surface area contributed by atoms with Gasteiger partial charge in [0.15, 0.2) is 0 Å². The molecule has 1 saturated heterocycles. The van der Waals surface area contributed by atoms with Crippen LogP contribution in [0, 0.1) is 0 Å². The smallest absolute Gasteiger partial charge is 0.272 e. The summed E-state index contributed by atoms with van der Waals surface area (Å²) in [5, 5.41) is 0. The second-order valence-electron chi connectivity index (χ2n) is 7.60. The Morgan fingerprint density at radius 1 is 1.12 bits per heavy atom. The van der Waals surface area contributed by atoms with Crippen LogP contribution in [0.5, 0.6) is 0 Å². The van der Waals surface area contributed by atoms with Crippen molar-refractivity contribution in [2.24, 2.45) is 0 Å². The molecule has 26 heavy (non-hydrogen) atoms. The number of morpholine rings is 1. The molecule has 2 aromatic rings. The number of amides is 1. The molecule has 1 spiro atoms. The third kappa shape index (κ3) is 2.67. The predicted octanol–water partition coefficient (Wildman–Crippen LogP) is 2.61. The van der Waals surface area contributed by atoms with Gasteiger partial charge in [0.25, 0.3) is 5.91 Å². The van der Waals surface area contributed by atoms with Gasteiger partial charge < -0.3 is 14.5 Å². The van der Waals surface area contributed by atoms with Crippen LogP contribution in [0.3, 0.4) is 0 Å². The van der Waals surface area contributed by atoms with Crippen LogP contribution in [0.15, 0.2) is 42.6 Å². The molecular formula is C21H23N3O2. The molecule has 1 saturated carbocycles. The highest BCUT2D eigenvalue weighted by molar-refractivity contribution is 5.93. The van der Waals surface area contributed by atoms with Gasteiger partial charge in [-0.15, -0.1) is 0 Å². The summed E-state index contributed by atoms with van der Waals surface area (Å²) in [6.07, 6.45) is 4.10. The van der Waals surface area contributed by atoms with Gasteiger partial charge in [-0.1, -0.05) is 24.3 Å². The van der Waals surface area contributed by atoms with Crippen LogP contribution in [0.25, 0.3) is 0 Å². The van der Waals surface area contributed by atoms with E-state index in [-0.39, 0.29) is 11.3 Å². The Morgan fingerprint density at radius 2 is 1.92 bits per heavy atom. The highest BCUT2D eigenvalue weighted by Crippen LogP contribution is 2.52. The Kier molecular flexibility index (Phi) is 3.71. The first-order chi connectivity index (χ1) is 12.8. The summed E-state index contributed by atoms with van der Waals surface area (Å²) >= 11 is 0. The molecule has 3 aliphatic rings. The molecule has 0 radical (unpaired) electrons. The number of pyridine rings is 1. The quantitative estimate of drug-likeness (QED) is 0.836. The monoisotopic (exact) mass is 349 g/mol. The molecule has 134 valence electrons. The largest absolute Gasteiger partial charge is 0.378 e. The van der Waals surface area contributed by atoms with Crippen LogP contribution in [0.2, 0.25) is 0 Å². The molecule has 5 heteroatoms. The third-order valence-electron chi connectivity index (χ3n) is 5.92. The first kappa shape index (κ1) is 15.8. The van der Waals surface area contributed by atoms with Crippen molar-refractivity contribution in [1.29, 1.82) is 0 Å². The Hall–Kier alpha value is -2.40. The van der Waals surface area contributed by atoms with Crippen molar-refractivity contribution >= 4 is 11.6 Å². The lowest BCUT2D eigenvalue weighted by Crippen LogP contribution is -2.42. The highest BCUT2D eigenvalue weighted by atomic mass is 16.5. The van der Waals surface area contributed by atoms with Crippen molar-refractivity contribution < 1.29 is 9.53 Å². The molecule has 5 rings (SSSR count). The van der Waals surface area contributed by atoms with E-state index in [4.69, 9.17) is 4.74 Å². The van der Waals surface area contributed by atoms with Crippen LogP contribution in [0.4, 0.5) is 5.69 Å². The van der Waals surface area contributed by atoms with E-state index >= 15 is 0 Å². The molecule has 2 fully saturated rings. The molecule has 0 atom stereocenters. The first-order valence-electron chi connectivity index (χ1n) is 9.42. The second-order valence-corrected chi connectivity index (χ2v) is 7.60. The molecule has 1 amide bonds. The van der Waals surface area contributed by atoms with Crippen LogP contribution in [-0.4, -0.2) is 48.6 Å². The van der Waals surface area contributed by atoms with Crippen LogP contribution >= 0.6 is 0 Å². The van der Waals surface area contributed by atoms with E-state index in [1.165, 1.54) is 24.0 Å². The minimum absolute atomic E-state index is 0.0425. The highest BCUT2D eigenvalue weighted by Gasteiger charge is 2.49. The zero-order valence-corrected chi connectivity index (χ0v) is 14.9. The maximum absolute atomic E-state index is 13.2. The number of anilines is 1. The summed E-state index contributed by atoms with van der Waals surface area (Å²) in [7, 11) is 0. The van der Waals surface area contributed by atoms with Gasteiger partial charge in [0.2, 0.25) is 0 Å². The Balaban J connectivity index is 1.41. The van der Waals surface area contributed by atoms with Crippen LogP contribution in [-0.2, 0) is 16.7 Å². The van der Waals surface area contributed by atoms with Gasteiger partial charge in [0.1, 0.15) is 5.69 Å². The topological polar surface area (TPSA) is 45.7 Å². The Morgan fingerprint density at radius 3 is 2.73 bits per heavy atom. The number of ether oxygens (including phenoxy) is 1. The lowest BCUT2D eigenvalue weighted by atomic mass is 9.87. The fourth-order valence-corrected chi connectivity index (χ4v) is 4.33. The number of aromatic nitrogens is 1. The van der Waals surface area contributed by atoms with E-state index < -0.39 is 0 Å². The summed E-state index contributed by atoms with van der Waals surface area (Å²) in [6.45, 7) is 4.68. The minimum atomic E-state index is 0.0425. The number of hydrogen-bond donors (Lipinski definition) is 0. The molecule has 1 aromatic carbocycles. The van der Waals surface area contributed by atoms with Crippen molar-refractivity contribution in [3.8, 4) is 0 Å². The van der Waals surface area contributed by atoms with Crippen molar-refractivity contribution in [3.63, 3.8) is 0 Å². The molecule has 0 bridgehead atoms. The fraction of sp³-hybridized carbons (Fsp3) is 0.429. The van der Waals surface area contributed by atoms with Gasteiger partial charge in [-0.05, 0) is 36.1 Å². The molecular weight excluding hydrogens is 326 g/mol. The average Bonchev–Trinajstić information content (AvgIpc) is 3.48. The molecule has 2 aliphatic heterocycles. The maximum atomic E-state index is 13.2. The number of rotatable bonds is 2. The number of carbonyl (C=O) groups is 1. The normalized spacial score (nSPS) is 20.8. The number of benzene rings is 1. The van der Waals surface area contributed by atoms with Gasteiger partial charge >= 0.3 is 0 Å². The SMILES string of the molecule is O=C(c1cc(N2CCOCC2)ccn1)N1Cc2ccccc2C2(CC2)C1. The van der Waals surface area contributed by atoms with Crippen molar-refractivity contribution in [2.75, 3.05) is 37.7 Å². The number of fused-ring (bicyclic) bond motifs is 2. The predicted molar refractivity (Wildman–Crippen MR) is 99.4 cm³/mol. The zero-order valence-electron chi connectivity index (χ0n) is 14.9. The minimum Gasteiger partial charge on any atom is -0.378 e. The van der Waals surface area contributed by atoms with Gasteiger partial charge in [-0.3, -0.25) is 9.78 Å². The van der Waals surface area contributed by atoms with Crippen LogP contribution < -0.4 is 4.90 Å². The Bertz CT molecular complexity index is 841. The lowest BCUT2D eigenvalue weighted by Gasteiger charge is -2.35. The molecule has 1 aliphatic carbocycles. The third-order valence-corrected chi connectivity index (χ3v) is 5.92. The molecule has 1 aromatic heterocycles. The van der Waals surface area contributed by atoms with Crippen molar-refractivity contribution in [1.82, 2.24) is 9.88 Å². The molecule has 0 N–H and O–H groups in total. The molecule has 0 unspecified atom stereocenters. The van der Waals surface area contributed by atoms with E-state index in [1.54, 1.807) is 6.20 Å². The van der Waals surface area contributed by atoms with E-state index in [0.717, 1.165) is 38.5 Å². The maximum Gasteiger partial charge on any atom is 0.272 e. The summed E-state index contributed by atoms with van der Waals surface area (Å²) in [5.74, 6) is 0.0425. The first-order valence-corrected chi connectivity index (χ1v) is 9.42. The second kappa shape index (κ2) is 6.09. The van der Waals surface area contributed by atoms with Crippen LogP contribution in [0.1, 0.15) is 34.5 Å². The molecule has 5 nitrogen and oxygen atoms in total. The zero-order chi connectivity index (χ0) is 17.6. The molecule has 3 heterocycles. The fourth-order valence-electron chi connectivity index (χ4n) is 4.33. The standard InChI is InChI=1S/C21H23N3O2/c25-20(19-13-17(5-8-22-19)23-9-11-26-12-10-23)24-14-16-3-1-2-4-18(16)21(15-24)6-7-21/h1-5,8,13H,6-7,9-12,14-15H2. The van der Waals surface area contributed by atoms with Crippen molar-refractivity contribution in [3.05, 3.63) is 59.4 Å². The van der Waals surface area contributed by atoms with Gasteiger partial charge in [-0.25, -0.2) is 0 Å².